The van der Waals surface area contributed by atoms with Crippen molar-refractivity contribution < 1.29 is 9.18 Å². The van der Waals surface area contributed by atoms with Gasteiger partial charge in [-0.05, 0) is 48.6 Å². The van der Waals surface area contributed by atoms with Crippen molar-refractivity contribution in [3.05, 3.63) is 77.5 Å². The van der Waals surface area contributed by atoms with E-state index in [1.165, 1.54) is 12.4 Å². The highest BCUT2D eigenvalue weighted by Gasteiger charge is 2.26. The molecule has 2 aromatic heterocycles. The average Bonchev–Trinajstić information content (AvgIpc) is 3.31. The van der Waals surface area contributed by atoms with Crippen molar-refractivity contribution in [1.82, 2.24) is 14.5 Å². The molecule has 0 saturated carbocycles. The second kappa shape index (κ2) is 7.26. The first-order chi connectivity index (χ1) is 14.6. The quantitative estimate of drug-likeness (QED) is 0.544. The number of nitrogens with two attached hydrogens (primary N) is 1. The number of anilines is 2. The van der Waals surface area contributed by atoms with Gasteiger partial charge >= 0.3 is 0 Å². The molecule has 5 rings (SSSR count). The highest BCUT2D eigenvalue weighted by molar-refractivity contribution is 5.93. The first-order valence-corrected chi connectivity index (χ1v) is 9.88. The van der Waals surface area contributed by atoms with Gasteiger partial charge in [0.2, 0.25) is 5.91 Å². The molecule has 1 aliphatic rings. The Morgan fingerprint density at radius 2 is 1.97 bits per heavy atom. The monoisotopic (exact) mass is 401 g/mol. The van der Waals surface area contributed by atoms with Gasteiger partial charge in [-0.1, -0.05) is 30.3 Å². The van der Waals surface area contributed by atoms with Gasteiger partial charge < -0.3 is 15.6 Å². The zero-order valence-electron chi connectivity index (χ0n) is 16.2. The average molecular weight is 401 g/mol. The summed E-state index contributed by atoms with van der Waals surface area (Å²) >= 11 is 0. The lowest BCUT2D eigenvalue weighted by Gasteiger charge is -2.13. The molecular formula is C23H20FN5O. The van der Waals surface area contributed by atoms with Gasteiger partial charge in [0.05, 0.1) is 17.6 Å². The molecule has 150 valence electrons. The van der Waals surface area contributed by atoms with Gasteiger partial charge in [-0.25, -0.2) is 14.4 Å². The number of aromatic nitrogens is 3. The summed E-state index contributed by atoms with van der Waals surface area (Å²) in [6.45, 7) is 0. The van der Waals surface area contributed by atoms with E-state index in [4.69, 9.17) is 5.73 Å². The van der Waals surface area contributed by atoms with Crippen molar-refractivity contribution in [2.45, 2.75) is 25.7 Å². The van der Waals surface area contributed by atoms with Gasteiger partial charge in [-0.3, -0.25) is 4.79 Å². The molecule has 30 heavy (non-hydrogen) atoms. The van der Waals surface area contributed by atoms with E-state index in [2.05, 4.69) is 15.3 Å². The highest BCUT2D eigenvalue weighted by Crippen LogP contribution is 2.37. The summed E-state index contributed by atoms with van der Waals surface area (Å²) in [4.78, 5) is 20.8. The number of nitrogens with zero attached hydrogens (tertiary/aromatic N) is 3. The smallest absolute Gasteiger partial charge is 0.228 e. The van der Waals surface area contributed by atoms with Crippen LogP contribution < -0.4 is 11.1 Å². The number of fused-ring (bicyclic) bond motifs is 3. The fourth-order valence-electron chi connectivity index (χ4n) is 4.22. The first-order valence-electron chi connectivity index (χ1n) is 9.88. The lowest BCUT2D eigenvalue weighted by molar-refractivity contribution is -0.115. The Kier molecular flexibility index (Phi) is 4.43. The topological polar surface area (TPSA) is 85.8 Å². The van der Waals surface area contributed by atoms with Gasteiger partial charge in [-0.15, -0.1) is 0 Å². The predicted octanol–water partition coefficient (Wildman–Crippen LogP) is 3.81. The number of rotatable bonds is 4. The van der Waals surface area contributed by atoms with Crippen molar-refractivity contribution in [3.8, 4) is 5.69 Å². The molecule has 1 amide bonds. The Morgan fingerprint density at radius 3 is 2.77 bits per heavy atom. The number of nitrogen functional groups attached to an aromatic ring is 1. The molecule has 3 N–H and O–H groups in total. The van der Waals surface area contributed by atoms with Crippen molar-refractivity contribution in [2.24, 2.45) is 0 Å². The Bertz CT molecular complexity index is 1270. The van der Waals surface area contributed by atoms with Gasteiger partial charge in [0, 0.05) is 11.4 Å². The summed E-state index contributed by atoms with van der Waals surface area (Å²) in [5.74, 6) is -0.310. The number of carbonyl (C=O) groups is 1. The Morgan fingerprint density at radius 1 is 1.13 bits per heavy atom. The first kappa shape index (κ1) is 18.3. The van der Waals surface area contributed by atoms with Crippen LogP contribution in [0.5, 0.6) is 0 Å². The van der Waals surface area contributed by atoms with Crippen molar-refractivity contribution in [1.29, 1.82) is 0 Å². The molecule has 0 atom stereocenters. The lowest BCUT2D eigenvalue weighted by Crippen LogP contribution is -2.14. The number of hydrogen-bond donors (Lipinski definition) is 2. The Balaban J connectivity index is 1.48. The van der Waals surface area contributed by atoms with Crippen LogP contribution in [0.4, 0.5) is 15.9 Å². The van der Waals surface area contributed by atoms with Crippen LogP contribution in [0.2, 0.25) is 0 Å². The van der Waals surface area contributed by atoms with E-state index in [9.17, 15) is 4.79 Å². The highest BCUT2D eigenvalue weighted by atomic mass is 19.1. The second-order valence-corrected chi connectivity index (χ2v) is 7.45. The second-order valence-electron chi connectivity index (χ2n) is 7.45. The SMILES string of the molecule is Nc1ncnc2c3c(n(-c4ccc(NC(=O)Cc5ccccc5)cc4F)c12)CCC3. The van der Waals surface area contributed by atoms with Crippen LogP contribution in [0.25, 0.3) is 16.7 Å². The third-order valence-corrected chi connectivity index (χ3v) is 5.50. The lowest BCUT2D eigenvalue weighted by atomic mass is 10.1. The number of amides is 1. The third kappa shape index (κ3) is 3.08. The summed E-state index contributed by atoms with van der Waals surface area (Å²) in [6, 6.07) is 14.1. The minimum atomic E-state index is -0.442. The predicted molar refractivity (Wildman–Crippen MR) is 114 cm³/mol. The molecule has 0 radical (unpaired) electrons. The maximum atomic E-state index is 15.2. The Labute approximate surface area is 172 Å². The molecule has 6 nitrogen and oxygen atoms in total. The molecular weight excluding hydrogens is 381 g/mol. The summed E-state index contributed by atoms with van der Waals surface area (Å²) in [7, 11) is 0. The van der Waals surface area contributed by atoms with Crippen LogP contribution in [0.15, 0.2) is 54.9 Å². The van der Waals surface area contributed by atoms with Gasteiger partial charge in [0.15, 0.2) is 5.82 Å². The largest absolute Gasteiger partial charge is 0.382 e. The van der Waals surface area contributed by atoms with E-state index in [1.807, 2.05) is 34.9 Å². The number of halogens is 1. The van der Waals surface area contributed by atoms with Crippen LogP contribution in [-0.2, 0) is 24.1 Å². The summed E-state index contributed by atoms with van der Waals surface area (Å²) in [6.07, 6.45) is 4.40. The van der Waals surface area contributed by atoms with Gasteiger partial charge in [-0.2, -0.15) is 0 Å². The number of nitrogens with one attached hydrogen (secondary N) is 1. The van der Waals surface area contributed by atoms with Crippen molar-refractivity contribution >= 4 is 28.4 Å². The van der Waals surface area contributed by atoms with Crippen molar-refractivity contribution in [3.63, 3.8) is 0 Å². The number of benzene rings is 2. The van der Waals surface area contributed by atoms with Crippen LogP contribution in [0.1, 0.15) is 23.2 Å². The minimum Gasteiger partial charge on any atom is -0.382 e. The Hall–Kier alpha value is -3.74. The number of carbonyl (C=O) groups excluding carboxylic acids is 1. The molecule has 2 aromatic carbocycles. The maximum Gasteiger partial charge on any atom is 0.228 e. The zero-order valence-corrected chi connectivity index (χ0v) is 16.2. The third-order valence-electron chi connectivity index (χ3n) is 5.50. The summed E-state index contributed by atoms with van der Waals surface area (Å²) in [5, 5.41) is 2.77. The molecule has 7 heteroatoms. The molecule has 4 aromatic rings. The van der Waals surface area contributed by atoms with E-state index in [1.54, 1.807) is 12.1 Å². The standard InChI is InChI=1S/C23H20FN5O/c24-17-12-15(28-20(30)11-14-5-2-1-3-6-14)9-10-19(17)29-18-8-4-7-16(18)21-22(29)23(25)27-13-26-21/h1-3,5-6,9-10,12-13H,4,7-8,11H2,(H,28,30)(H2,25,26,27). The van der Waals surface area contributed by atoms with Crippen LogP contribution in [0, 0.1) is 5.82 Å². The minimum absolute atomic E-state index is 0.196. The van der Waals surface area contributed by atoms with E-state index < -0.39 is 5.82 Å². The fraction of sp³-hybridized carbons (Fsp3) is 0.174. The number of hydrogen-bond acceptors (Lipinski definition) is 4. The summed E-state index contributed by atoms with van der Waals surface area (Å²) in [5.41, 5.74) is 11.4. The van der Waals surface area contributed by atoms with E-state index >= 15 is 4.39 Å². The van der Waals surface area contributed by atoms with E-state index in [-0.39, 0.29) is 12.3 Å². The van der Waals surface area contributed by atoms with Crippen LogP contribution in [0.3, 0.4) is 0 Å². The molecule has 0 aliphatic heterocycles. The normalized spacial score (nSPS) is 12.8. The van der Waals surface area contributed by atoms with E-state index in [0.29, 0.717) is 22.7 Å². The number of aryl methyl sites for hydroxylation is 1. The fourth-order valence-corrected chi connectivity index (χ4v) is 4.22. The van der Waals surface area contributed by atoms with Crippen molar-refractivity contribution in [2.75, 3.05) is 11.1 Å². The zero-order chi connectivity index (χ0) is 20.7. The molecule has 0 fully saturated rings. The van der Waals surface area contributed by atoms with E-state index in [0.717, 1.165) is 41.6 Å². The summed E-state index contributed by atoms with van der Waals surface area (Å²) < 4.78 is 17.0. The van der Waals surface area contributed by atoms with Gasteiger partial charge in [0.25, 0.3) is 0 Å². The molecule has 0 unspecified atom stereocenters. The molecule has 0 saturated heterocycles. The maximum absolute atomic E-state index is 15.2. The van der Waals surface area contributed by atoms with Crippen LogP contribution >= 0.6 is 0 Å². The van der Waals surface area contributed by atoms with Gasteiger partial charge in [0.1, 0.15) is 17.7 Å². The molecule has 0 spiro atoms. The molecule has 0 bridgehead atoms. The van der Waals surface area contributed by atoms with Crippen LogP contribution in [-0.4, -0.2) is 20.4 Å². The molecule has 1 aliphatic carbocycles. The molecule has 2 heterocycles.